The highest BCUT2D eigenvalue weighted by Gasteiger charge is 2.07. The highest BCUT2D eigenvalue weighted by atomic mass is 16.4. The highest BCUT2D eigenvalue weighted by molar-refractivity contribution is 5.93. The van der Waals surface area contributed by atoms with E-state index in [0.717, 1.165) is 28.6 Å². The molecular formula is C24H21NO2. The summed E-state index contributed by atoms with van der Waals surface area (Å²) in [5.74, 6) is -0.858. The second-order valence-electron chi connectivity index (χ2n) is 6.83. The van der Waals surface area contributed by atoms with Gasteiger partial charge in [-0.1, -0.05) is 55.5 Å². The molecule has 0 atom stereocenters. The maximum atomic E-state index is 11.2. The molecule has 3 nitrogen and oxygen atoms in total. The molecule has 0 aliphatic rings. The number of carboxylic acid groups (broad SMARTS) is 1. The number of carbonyl (C=O) groups is 1. The van der Waals surface area contributed by atoms with Gasteiger partial charge >= 0.3 is 5.97 Å². The fourth-order valence-corrected chi connectivity index (χ4v) is 3.48. The lowest BCUT2D eigenvalue weighted by Gasteiger charge is -2.02. The number of aliphatic carboxylic acids is 1. The number of nitrogens with one attached hydrogen (secondary N) is 1. The third-order valence-corrected chi connectivity index (χ3v) is 4.91. The molecule has 0 aliphatic carbocycles. The standard InChI is InChI=1S/C24H21NO2/c1-2-18(24(26)27)11-16-8-10-23-21(13-16)15-22(25-23)14-17-7-9-19-5-3-4-6-20(19)12-17/h3-13,15,25H,2,14H2,1H3,(H,26,27). The number of benzene rings is 3. The molecule has 1 heterocycles. The molecule has 3 heteroatoms. The Balaban J connectivity index is 1.63. The molecule has 4 aromatic rings. The van der Waals surface area contributed by atoms with Gasteiger partial charge in [0.2, 0.25) is 0 Å². The Morgan fingerprint density at radius 3 is 2.56 bits per heavy atom. The predicted molar refractivity (Wildman–Crippen MR) is 111 cm³/mol. The molecule has 0 unspecified atom stereocenters. The van der Waals surface area contributed by atoms with E-state index in [-0.39, 0.29) is 0 Å². The first-order chi connectivity index (χ1) is 13.1. The van der Waals surface area contributed by atoms with Gasteiger partial charge in [-0.3, -0.25) is 0 Å². The molecule has 0 spiro atoms. The average Bonchev–Trinajstić information content (AvgIpc) is 3.07. The minimum absolute atomic E-state index is 0.418. The Bertz CT molecular complexity index is 1170. The van der Waals surface area contributed by atoms with Crippen LogP contribution in [0.2, 0.25) is 0 Å². The zero-order chi connectivity index (χ0) is 18.8. The lowest BCUT2D eigenvalue weighted by Crippen LogP contribution is -1.98. The van der Waals surface area contributed by atoms with Gasteiger partial charge in [-0.15, -0.1) is 0 Å². The van der Waals surface area contributed by atoms with Gasteiger partial charge in [-0.25, -0.2) is 4.79 Å². The highest BCUT2D eigenvalue weighted by Crippen LogP contribution is 2.23. The van der Waals surface area contributed by atoms with E-state index in [1.165, 1.54) is 16.3 Å². The van der Waals surface area contributed by atoms with Crippen molar-refractivity contribution >= 4 is 33.7 Å². The van der Waals surface area contributed by atoms with E-state index in [0.29, 0.717) is 12.0 Å². The van der Waals surface area contributed by atoms with E-state index < -0.39 is 5.97 Å². The van der Waals surface area contributed by atoms with Gasteiger partial charge in [0, 0.05) is 28.6 Å². The molecule has 134 valence electrons. The smallest absolute Gasteiger partial charge is 0.331 e. The Kier molecular flexibility index (Phi) is 4.51. The van der Waals surface area contributed by atoms with Crippen LogP contribution in [0.1, 0.15) is 30.2 Å². The maximum Gasteiger partial charge on any atom is 0.331 e. The van der Waals surface area contributed by atoms with E-state index in [1.54, 1.807) is 6.08 Å². The minimum Gasteiger partial charge on any atom is -0.478 e. The van der Waals surface area contributed by atoms with Crippen molar-refractivity contribution in [3.8, 4) is 0 Å². The van der Waals surface area contributed by atoms with Crippen molar-refractivity contribution in [1.82, 2.24) is 4.98 Å². The third kappa shape index (κ3) is 3.63. The van der Waals surface area contributed by atoms with Crippen molar-refractivity contribution in [1.29, 1.82) is 0 Å². The molecule has 0 saturated carbocycles. The van der Waals surface area contributed by atoms with Crippen LogP contribution in [0.5, 0.6) is 0 Å². The van der Waals surface area contributed by atoms with E-state index in [2.05, 4.69) is 53.5 Å². The number of hydrogen-bond donors (Lipinski definition) is 2. The Morgan fingerprint density at radius 1 is 0.963 bits per heavy atom. The number of aromatic nitrogens is 1. The van der Waals surface area contributed by atoms with E-state index in [9.17, 15) is 9.90 Å². The monoisotopic (exact) mass is 355 g/mol. The van der Waals surface area contributed by atoms with Crippen molar-refractivity contribution in [3.05, 3.63) is 89.1 Å². The first-order valence-electron chi connectivity index (χ1n) is 9.15. The van der Waals surface area contributed by atoms with Crippen LogP contribution in [0.25, 0.3) is 27.8 Å². The third-order valence-electron chi connectivity index (χ3n) is 4.91. The molecule has 4 rings (SSSR count). The molecule has 0 bridgehead atoms. The summed E-state index contributed by atoms with van der Waals surface area (Å²) in [4.78, 5) is 14.7. The van der Waals surface area contributed by atoms with E-state index in [4.69, 9.17) is 0 Å². The van der Waals surface area contributed by atoms with Gasteiger partial charge in [0.25, 0.3) is 0 Å². The first-order valence-corrected chi connectivity index (χ1v) is 9.15. The lowest BCUT2D eigenvalue weighted by atomic mass is 10.0. The van der Waals surface area contributed by atoms with Crippen LogP contribution in [-0.4, -0.2) is 16.1 Å². The van der Waals surface area contributed by atoms with E-state index >= 15 is 0 Å². The second-order valence-corrected chi connectivity index (χ2v) is 6.83. The summed E-state index contributed by atoms with van der Waals surface area (Å²) in [7, 11) is 0. The van der Waals surface area contributed by atoms with Crippen LogP contribution in [0.4, 0.5) is 0 Å². The number of aromatic amines is 1. The minimum atomic E-state index is -0.858. The van der Waals surface area contributed by atoms with E-state index in [1.807, 2.05) is 25.1 Å². The molecule has 1 aromatic heterocycles. The number of hydrogen-bond acceptors (Lipinski definition) is 1. The predicted octanol–water partition coefficient (Wildman–Crippen LogP) is 5.79. The van der Waals surface area contributed by atoms with Gasteiger partial charge in [0.15, 0.2) is 0 Å². The number of fused-ring (bicyclic) bond motifs is 2. The fourth-order valence-electron chi connectivity index (χ4n) is 3.48. The van der Waals surface area contributed by atoms with Crippen LogP contribution >= 0.6 is 0 Å². The summed E-state index contributed by atoms with van der Waals surface area (Å²) < 4.78 is 0. The van der Waals surface area contributed by atoms with Crippen molar-refractivity contribution in [3.63, 3.8) is 0 Å². The second kappa shape index (κ2) is 7.12. The lowest BCUT2D eigenvalue weighted by molar-refractivity contribution is -0.132. The van der Waals surface area contributed by atoms with Crippen LogP contribution in [0.3, 0.4) is 0 Å². The average molecular weight is 355 g/mol. The molecule has 2 N–H and O–H groups in total. The molecule has 3 aromatic carbocycles. The molecule has 0 saturated heterocycles. The summed E-state index contributed by atoms with van der Waals surface area (Å²) in [6, 6.07) is 23.1. The van der Waals surface area contributed by atoms with Crippen LogP contribution < -0.4 is 0 Å². The normalized spacial score (nSPS) is 12.0. The number of carboxylic acids is 1. The molecule has 0 fully saturated rings. The Labute approximate surface area is 158 Å². The molecular weight excluding hydrogens is 334 g/mol. The van der Waals surface area contributed by atoms with Gasteiger partial charge in [-0.05, 0) is 52.6 Å². The summed E-state index contributed by atoms with van der Waals surface area (Å²) >= 11 is 0. The summed E-state index contributed by atoms with van der Waals surface area (Å²) in [6.45, 7) is 1.86. The number of H-pyrrole nitrogens is 1. The van der Waals surface area contributed by atoms with Crippen LogP contribution in [-0.2, 0) is 11.2 Å². The van der Waals surface area contributed by atoms with Gasteiger partial charge in [-0.2, -0.15) is 0 Å². The van der Waals surface area contributed by atoms with Crippen LogP contribution in [0.15, 0.2) is 72.3 Å². The van der Waals surface area contributed by atoms with Gasteiger partial charge in [0.05, 0.1) is 0 Å². The first kappa shape index (κ1) is 17.1. The van der Waals surface area contributed by atoms with Gasteiger partial charge in [0.1, 0.15) is 0 Å². The topological polar surface area (TPSA) is 53.1 Å². The summed E-state index contributed by atoms with van der Waals surface area (Å²) in [5.41, 5.74) is 4.81. The molecule has 0 aliphatic heterocycles. The Morgan fingerprint density at radius 2 is 1.78 bits per heavy atom. The zero-order valence-corrected chi connectivity index (χ0v) is 15.2. The molecule has 0 radical (unpaired) electrons. The molecule has 27 heavy (non-hydrogen) atoms. The van der Waals surface area contributed by atoms with Crippen molar-refractivity contribution in [2.75, 3.05) is 0 Å². The Hall–Kier alpha value is -3.33. The number of rotatable bonds is 5. The van der Waals surface area contributed by atoms with Crippen molar-refractivity contribution in [2.45, 2.75) is 19.8 Å². The SMILES string of the molecule is CCC(=Cc1ccc2[nH]c(Cc3ccc4ccccc4c3)cc2c1)C(=O)O. The zero-order valence-electron chi connectivity index (χ0n) is 15.2. The van der Waals surface area contributed by atoms with Crippen LogP contribution in [0, 0.1) is 0 Å². The molecule has 0 amide bonds. The van der Waals surface area contributed by atoms with Crippen molar-refractivity contribution in [2.24, 2.45) is 0 Å². The quantitative estimate of drug-likeness (QED) is 0.445. The maximum absolute atomic E-state index is 11.2. The fraction of sp³-hybridized carbons (Fsp3) is 0.125. The largest absolute Gasteiger partial charge is 0.478 e. The van der Waals surface area contributed by atoms with Gasteiger partial charge < -0.3 is 10.1 Å². The van der Waals surface area contributed by atoms with Crippen molar-refractivity contribution < 1.29 is 9.90 Å². The summed E-state index contributed by atoms with van der Waals surface area (Å²) in [6.07, 6.45) is 3.09. The summed E-state index contributed by atoms with van der Waals surface area (Å²) in [5, 5.41) is 12.8.